The predicted octanol–water partition coefficient (Wildman–Crippen LogP) is 2.73. The largest absolute Gasteiger partial charge is 0.486 e. The van der Waals surface area contributed by atoms with Gasteiger partial charge in [0.2, 0.25) is 0 Å². The van der Waals surface area contributed by atoms with Crippen LogP contribution >= 0.6 is 0 Å². The van der Waals surface area contributed by atoms with Gasteiger partial charge in [-0.25, -0.2) is 4.79 Å². The number of fused-ring (bicyclic) bond motifs is 1. The summed E-state index contributed by atoms with van der Waals surface area (Å²) in [6.45, 7) is 4.53. The molecule has 1 aliphatic heterocycles. The summed E-state index contributed by atoms with van der Waals surface area (Å²) in [4.78, 5) is 13.9. The molecule has 24 heavy (non-hydrogen) atoms. The molecule has 3 rings (SSSR count). The number of carbonyl (C=O) groups excluding carboxylic acids is 1. The maximum absolute atomic E-state index is 11.7. The molecule has 1 aromatic carbocycles. The van der Waals surface area contributed by atoms with Crippen LogP contribution in [0.1, 0.15) is 23.0 Å². The summed E-state index contributed by atoms with van der Waals surface area (Å²) >= 11 is 0. The van der Waals surface area contributed by atoms with Gasteiger partial charge < -0.3 is 18.6 Å². The summed E-state index contributed by atoms with van der Waals surface area (Å²) in [7, 11) is 1.36. The van der Waals surface area contributed by atoms with Crippen LogP contribution in [0.4, 0.5) is 0 Å². The highest BCUT2D eigenvalue weighted by Gasteiger charge is 2.24. The molecule has 6 nitrogen and oxygen atoms in total. The van der Waals surface area contributed by atoms with E-state index in [0.717, 1.165) is 18.0 Å². The van der Waals surface area contributed by atoms with Crippen LogP contribution in [0.5, 0.6) is 11.5 Å². The molecule has 1 atom stereocenters. The highest BCUT2D eigenvalue weighted by atomic mass is 16.6. The Kier molecular flexibility index (Phi) is 5.05. The highest BCUT2D eigenvalue weighted by molar-refractivity contribution is 5.90. The molecular weight excluding hydrogens is 310 g/mol. The number of benzene rings is 1. The summed E-state index contributed by atoms with van der Waals surface area (Å²) in [5.74, 6) is 1.75. The van der Waals surface area contributed by atoms with Crippen molar-refractivity contribution in [2.24, 2.45) is 0 Å². The Balaban J connectivity index is 1.64. The number of esters is 1. The molecule has 0 saturated carbocycles. The van der Waals surface area contributed by atoms with Crippen molar-refractivity contribution < 1.29 is 23.4 Å². The van der Waals surface area contributed by atoms with Crippen LogP contribution < -0.4 is 9.47 Å². The van der Waals surface area contributed by atoms with Crippen molar-refractivity contribution in [1.29, 1.82) is 0 Å². The minimum Gasteiger partial charge on any atom is -0.486 e. The van der Waals surface area contributed by atoms with Gasteiger partial charge in [-0.15, -0.1) is 0 Å². The first-order valence-electron chi connectivity index (χ1n) is 7.96. The van der Waals surface area contributed by atoms with E-state index in [1.54, 1.807) is 6.07 Å². The van der Waals surface area contributed by atoms with Crippen LogP contribution in [0, 0.1) is 0 Å². The molecule has 0 fully saturated rings. The van der Waals surface area contributed by atoms with Gasteiger partial charge in [0.15, 0.2) is 11.5 Å². The smallest absolute Gasteiger partial charge is 0.341 e. The van der Waals surface area contributed by atoms with Crippen molar-refractivity contribution in [3.05, 3.63) is 47.9 Å². The molecule has 0 amide bonds. The number of methoxy groups -OCH3 is 1. The second-order valence-electron chi connectivity index (χ2n) is 5.57. The Labute approximate surface area is 140 Å². The molecule has 2 heterocycles. The summed E-state index contributed by atoms with van der Waals surface area (Å²) in [6.07, 6.45) is 1.43. The Morgan fingerprint density at radius 1 is 1.29 bits per heavy atom. The molecule has 6 heteroatoms. The van der Waals surface area contributed by atoms with E-state index in [1.165, 1.54) is 13.4 Å². The fourth-order valence-electron chi connectivity index (χ4n) is 2.70. The zero-order valence-electron chi connectivity index (χ0n) is 13.9. The van der Waals surface area contributed by atoms with Gasteiger partial charge in [0.25, 0.3) is 0 Å². The van der Waals surface area contributed by atoms with Gasteiger partial charge in [-0.05, 0) is 24.7 Å². The van der Waals surface area contributed by atoms with Crippen molar-refractivity contribution in [2.45, 2.75) is 19.6 Å². The van der Waals surface area contributed by atoms with E-state index >= 15 is 0 Å². The first kappa shape index (κ1) is 16.4. The number of nitrogens with zero attached hydrogens (tertiary/aromatic N) is 1. The first-order valence-corrected chi connectivity index (χ1v) is 7.96. The quantitative estimate of drug-likeness (QED) is 0.759. The molecule has 0 aliphatic carbocycles. The van der Waals surface area contributed by atoms with E-state index in [-0.39, 0.29) is 12.1 Å². The lowest BCUT2D eigenvalue weighted by molar-refractivity contribution is 0.0545. The first-order chi connectivity index (χ1) is 11.7. The van der Waals surface area contributed by atoms with Gasteiger partial charge in [-0.3, -0.25) is 4.90 Å². The molecule has 2 aromatic rings. The SMILES string of the molecule is CCN(Cc1occc1C(=O)OC)CC1COc2ccccc2O1. The number of hydrogen-bond donors (Lipinski definition) is 0. The zero-order chi connectivity index (χ0) is 16.9. The lowest BCUT2D eigenvalue weighted by atomic mass is 10.2. The number of hydrogen-bond acceptors (Lipinski definition) is 6. The minimum atomic E-state index is -0.388. The third-order valence-electron chi connectivity index (χ3n) is 3.99. The number of carbonyl (C=O) groups is 1. The molecule has 0 saturated heterocycles. The monoisotopic (exact) mass is 331 g/mol. The lowest BCUT2D eigenvalue weighted by Gasteiger charge is -2.30. The Morgan fingerprint density at radius 3 is 2.83 bits per heavy atom. The van der Waals surface area contributed by atoms with E-state index < -0.39 is 0 Å². The van der Waals surface area contributed by atoms with Crippen LogP contribution in [0.15, 0.2) is 41.0 Å². The average Bonchev–Trinajstić information content (AvgIpc) is 3.08. The average molecular weight is 331 g/mol. The van der Waals surface area contributed by atoms with Crippen molar-refractivity contribution in [3.63, 3.8) is 0 Å². The molecule has 1 unspecified atom stereocenters. The topological polar surface area (TPSA) is 61.1 Å². The van der Waals surface area contributed by atoms with Crippen LogP contribution in [0.25, 0.3) is 0 Å². The van der Waals surface area contributed by atoms with Crippen LogP contribution in [0.3, 0.4) is 0 Å². The summed E-state index contributed by atoms with van der Waals surface area (Å²) in [5.41, 5.74) is 0.460. The van der Waals surface area contributed by atoms with E-state index in [0.29, 0.717) is 31.0 Å². The Bertz CT molecular complexity index is 696. The Hall–Kier alpha value is -2.47. The van der Waals surface area contributed by atoms with Crippen molar-refractivity contribution in [1.82, 2.24) is 4.90 Å². The third-order valence-corrected chi connectivity index (χ3v) is 3.99. The molecule has 0 radical (unpaired) electrons. The second kappa shape index (κ2) is 7.40. The maximum Gasteiger partial charge on any atom is 0.341 e. The number of ether oxygens (including phenoxy) is 3. The van der Waals surface area contributed by atoms with E-state index in [2.05, 4.69) is 11.8 Å². The van der Waals surface area contributed by atoms with Crippen molar-refractivity contribution in [2.75, 3.05) is 26.8 Å². The fourth-order valence-corrected chi connectivity index (χ4v) is 2.70. The highest BCUT2D eigenvalue weighted by Crippen LogP contribution is 2.31. The molecule has 0 N–H and O–H groups in total. The van der Waals surface area contributed by atoms with Gasteiger partial charge in [-0.1, -0.05) is 19.1 Å². The van der Waals surface area contributed by atoms with E-state index in [4.69, 9.17) is 18.6 Å². The number of furan rings is 1. The van der Waals surface area contributed by atoms with Crippen LogP contribution in [-0.4, -0.2) is 43.8 Å². The molecule has 128 valence electrons. The van der Waals surface area contributed by atoms with Gasteiger partial charge in [0.1, 0.15) is 24.0 Å². The minimum absolute atomic E-state index is 0.0728. The summed E-state index contributed by atoms with van der Waals surface area (Å²) < 4.78 is 22.0. The normalized spacial score (nSPS) is 16.2. The molecule has 1 aromatic heterocycles. The van der Waals surface area contributed by atoms with Gasteiger partial charge in [0.05, 0.1) is 19.9 Å². The lowest BCUT2D eigenvalue weighted by Crippen LogP contribution is -2.40. The molecular formula is C18H21NO5. The Morgan fingerprint density at radius 2 is 2.08 bits per heavy atom. The molecule has 1 aliphatic rings. The zero-order valence-corrected chi connectivity index (χ0v) is 13.9. The summed E-state index contributed by atoms with van der Waals surface area (Å²) in [5, 5.41) is 0. The number of para-hydroxylation sites is 2. The standard InChI is InChI=1S/C18H21NO5/c1-3-19(11-17-14(8-9-22-17)18(20)21-2)10-13-12-23-15-6-4-5-7-16(15)24-13/h4-9,13H,3,10-12H2,1-2H3. The second-order valence-corrected chi connectivity index (χ2v) is 5.57. The van der Waals surface area contributed by atoms with Gasteiger partial charge >= 0.3 is 5.97 Å². The third kappa shape index (κ3) is 3.54. The van der Waals surface area contributed by atoms with E-state index in [1.807, 2.05) is 24.3 Å². The van der Waals surface area contributed by atoms with Gasteiger partial charge in [-0.2, -0.15) is 0 Å². The van der Waals surface area contributed by atoms with E-state index in [9.17, 15) is 4.79 Å². The van der Waals surface area contributed by atoms with Crippen molar-refractivity contribution in [3.8, 4) is 11.5 Å². The number of rotatable bonds is 6. The maximum atomic E-state index is 11.7. The number of likely N-dealkylation sites (N-methyl/N-ethyl adjacent to an activating group) is 1. The molecule has 0 spiro atoms. The van der Waals surface area contributed by atoms with Crippen LogP contribution in [0.2, 0.25) is 0 Å². The van der Waals surface area contributed by atoms with Crippen molar-refractivity contribution >= 4 is 5.97 Å². The van der Waals surface area contributed by atoms with Gasteiger partial charge in [0, 0.05) is 6.54 Å². The van der Waals surface area contributed by atoms with Crippen LogP contribution in [-0.2, 0) is 11.3 Å². The fraction of sp³-hybridized carbons (Fsp3) is 0.389. The predicted molar refractivity (Wildman–Crippen MR) is 87.4 cm³/mol. The summed E-state index contributed by atoms with van der Waals surface area (Å²) in [6, 6.07) is 9.28. The molecule has 0 bridgehead atoms.